The standard InChI is InChI=1S/C17H24N2O4Si/c1-22-14-7-5-13(6-8-14)16-11-15(17(20)21)18-19(16)12-23-9-10-24(2,3)4/h5-8,11H,9-10,12H2,1-4H3,(H,20,21). The van der Waals surface area contributed by atoms with Crippen LogP contribution in [0.3, 0.4) is 0 Å². The van der Waals surface area contributed by atoms with Crippen LogP contribution in [0.5, 0.6) is 5.75 Å². The number of carboxylic acids is 1. The lowest BCUT2D eigenvalue weighted by Crippen LogP contribution is -2.22. The Labute approximate surface area is 143 Å². The van der Waals surface area contributed by atoms with Gasteiger partial charge in [-0.1, -0.05) is 19.6 Å². The lowest BCUT2D eigenvalue weighted by molar-refractivity contribution is 0.0673. The van der Waals surface area contributed by atoms with Crippen LogP contribution >= 0.6 is 0 Å². The average molecular weight is 348 g/mol. The summed E-state index contributed by atoms with van der Waals surface area (Å²) in [6, 6.07) is 10.0. The van der Waals surface area contributed by atoms with Crippen molar-refractivity contribution in [1.82, 2.24) is 9.78 Å². The van der Waals surface area contributed by atoms with Gasteiger partial charge in [-0.2, -0.15) is 5.10 Å². The monoisotopic (exact) mass is 348 g/mol. The van der Waals surface area contributed by atoms with Gasteiger partial charge >= 0.3 is 5.97 Å². The van der Waals surface area contributed by atoms with Gasteiger partial charge in [-0.25, -0.2) is 9.48 Å². The number of methoxy groups -OCH3 is 1. The maximum absolute atomic E-state index is 11.2. The van der Waals surface area contributed by atoms with Gasteiger partial charge in [0.2, 0.25) is 0 Å². The minimum atomic E-state index is -1.16. The predicted molar refractivity (Wildman–Crippen MR) is 95.3 cm³/mol. The highest BCUT2D eigenvalue weighted by molar-refractivity contribution is 6.76. The predicted octanol–water partition coefficient (Wildman–Crippen LogP) is 3.57. The third-order valence-corrected chi connectivity index (χ3v) is 5.30. The van der Waals surface area contributed by atoms with Gasteiger partial charge in [-0.15, -0.1) is 0 Å². The molecule has 0 spiro atoms. The first-order valence-electron chi connectivity index (χ1n) is 7.83. The first-order valence-corrected chi connectivity index (χ1v) is 11.5. The Kier molecular flexibility index (Phi) is 5.79. The fourth-order valence-corrected chi connectivity index (χ4v) is 2.90. The first-order chi connectivity index (χ1) is 11.3. The summed E-state index contributed by atoms with van der Waals surface area (Å²) >= 11 is 0. The van der Waals surface area contributed by atoms with Crippen molar-refractivity contribution in [3.8, 4) is 17.0 Å². The van der Waals surface area contributed by atoms with E-state index >= 15 is 0 Å². The molecule has 0 unspecified atom stereocenters. The van der Waals surface area contributed by atoms with Gasteiger partial charge in [-0.05, 0) is 36.4 Å². The van der Waals surface area contributed by atoms with Crippen LogP contribution in [0.25, 0.3) is 11.3 Å². The zero-order valence-corrected chi connectivity index (χ0v) is 15.6. The van der Waals surface area contributed by atoms with Gasteiger partial charge in [0.1, 0.15) is 12.5 Å². The molecule has 0 fully saturated rings. The molecule has 1 aromatic heterocycles. The van der Waals surface area contributed by atoms with Crippen molar-refractivity contribution in [1.29, 1.82) is 0 Å². The van der Waals surface area contributed by atoms with E-state index in [2.05, 4.69) is 24.7 Å². The second-order valence-corrected chi connectivity index (χ2v) is 12.4. The summed E-state index contributed by atoms with van der Waals surface area (Å²) in [5.74, 6) is -0.305. The molecule has 0 bridgehead atoms. The molecule has 1 aromatic carbocycles. The summed E-state index contributed by atoms with van der Waals surface area (Å²) in [7, 11) is 0.446. The summed E-state index contributed by atoms with van der Waals surface area (Å²) < 4.78 is 12.5. The molecule has 7 heteroatoms. The molecular formula is C17H24N2O4Si. The van der Waals surface area contributed by atoms with Crippen LogP contribution in [0.4, 0.5) is 0 Å². The average Bonchev–Trinajstić information content (AvgIpc) is 2.95. The molecule has 130 valence electrons. The molecule has 0 atom stereocenters. The second kappa shape index (κ2) is 7.63. The number of ether oxygens (including phenoxy) is 2. The maximum atomic E-state index is 11.2. The Morgan fingerprint density at radius 1 is 1.25 bits per heavy atom. The smallest absolute Gasteiger partial charge is 0.356 e. The number of hydrogen-bond donors (Lipinski definition) is 1. The molecule has 0 saturated carbocycles. The van der Waals surface area contributed by atoms with Gasteiger partial charge in [0.25, 0.3) is 0 Å². The van der Waals surface area contributed by atoms with E-state index in [1.807, 2.05) is 24.3 Å². The van der Waals surface area contributed by atoms with E-state index in [4.69, 9.17) is 9.47 Å². The maximum Gasteiger partial charge on any atom is 0.356 e. The Morgan fingerprint density at radius 3 is 2.46 bits per heavy atom. The molecular weight excluding hydrogens is 324 g/mol. The van der Waals surface area contributed by atoms with E-state index in [0.29, 0.717) is 12.3 Å². The van der Waals surface area contributed by atoms with Crippen molar-refractivity contribution >= 4 is 14.0 Å². The second-order valence-electron chi connectivity index (χ2n) is 6.80. The number of hydrogen-bond acceptors (Lipinski definition) is 4. The minimum Gasteiger partial charge on any atom is -0.497 e. The van der Waals surface area contributed by atoms with E-state index in [0.717, 1.165) is 17.4 Å². The molecule has 24 heavy (non-hydrogen) atoms. The van der Waals surface area contributed by atoms with Gasteiger partial charge in [0, 0.05) is 20.2 Å². The third kappa shape index (κ3) is 4.94. The van der Waals surface area contributed by atoms with Gasteiger partial charge in [0.15, 0.2) is 5.69 Å². The molecule has 6 nitrogen and oxygen atoms in total. The normalized spacial score (nSPS) is 11.5. The highest BCUT2D eigenvalue weighted by atomic mass is 28.3. The van der Waals surface area contributed by atoms with Crippen LogP contribution in [0, 0.1) is 0 Å². The fourth-order valence-electron chi connectivity index (χ4n) is 2.14. The number of carboxylic acid groups (broad SMARTS) is 1. The third-order valence-electron chi connectivity index (χ3n) is 3.59. The zero-order chi connectivity index (χ0) is 17.7. The van der Waals surface area contributed by atoms with Crippen LogP contribution < -0.4 is 4.74 Å². The number of aromatic carboxylic acids is 1. The molecule has 1 heterocycles. The molecule has 2 aromatic rings. The number of rotatable bonds is 8. The topological polar surface area (TPSA) is 73.6 Å². The van der Waals surface area contributed by atoms with Crippen molar-refractivity contribution in [2.24, 2.45) is 0 Å². The summed E-state index contributed by atoms with van der Waals surface area (Å²) in [6.07, 6.45) is 0. The van der Waals surface area contributed by atoms with Gasteiger partial charge in [-0.3, -0.25) is 0 Å². The lowest BCUT2D eigenvalue weighted by atomic mass is 10.1. The van der Waals surface area contributed by atoms with E-state index in [-0.39, 0.29) is 12.4 Å². The zero-order valence-electron chi connectivity index (χ0n) is 14.6. The Bertz CT molecular complexity index is 690. The van der Waals surface area contributed by atoms with Crippen LogP contribution in [-0.4, -0.2) is 42.6 Å². The minimum absolute atomic E-state index is 0.00890. The first kappa shape index (κ1) is 18.2. The highest BCUT2D eigenvalue weighted by Crippen LogP contribution is 2.23. The molecule has 0 aliphatic carbocycles. The van der Waals surface area contributed by atoms with Crippen molar-refractivity contribution in [3.63, 3.8) is 0 Å². The van der Waals surface area contributed by atoms with Crippen molar-refractivity contribution in [2.45, 2.75) is 32.4 Å². The van der Waals surface area contributed by atoms with Crippen LogP contribution in [0.1, 0.15) is 10.5 Å². The lowest BCUT2D eigenvalue weighted by Gasteiger charge is -2.16. The molecule has 0 aliphatic rings. The molecule has 2 rings (SSSR count). The number of carbonyl (C=O) groups is 1. The van der Waals surface area contributed by atoms with E-state index in [9.17, 15) is 9.90 Å². The summed E-state index contributed by atoms with van der Waals surface area (Å²) in [4.78, 5) is 11.2. The number of aromatic nitrogens is 2. The molecule has 0 saturated heterocycles. The molecule has 0 aliphatic heterocycles. The summed E-state index contributed by atoms with van der Waals surface area (Å²) in [5, 5.41) is 13.3. The van der Waals surface area contributed by atoms with Crippen molar-refractivity contribution in [2.75, 3.05) is 13.7 Å². The van der Waals surface area contributed by atoms with Gasteiger partial charge < -0.3 is 14.6 Å². The Morgan fingerprint density at radius 2 is 1.92 bits per heavy atom. The Balaban J connectivity index is 2.17. The highest BCUT2D eigenvalue weighted by Gasteiger charge is 2.16. The van der Waals surface area contributed by atoms with E-state index in [1.165, 1.54) is 0 Å². The molecule has 1 N–H and O–H groups in total. The van der Waals surface area contributed by atoms with Crippen LogP contribution in [0.2, 0.25) is 25.7 Å². The number of benzene rings is 1. The van der Waals surface area contributed by atoms with E-state index < -0.39 is 14.0 Å². The summed E-state index contributed by atoms with van der Waals surface area (Å²) in [5.41, 5.74) is 1.59. The van der Waals surface area contributed by atoms with E-state index in [1.54, 1.807) is 17.9 Å². The molecule has 0 radical (unpaired) electrons. The van der Waals surface area contributed by atoms with Gasteiger partial charge in [0.05, 0.1) is 12.8 Å². The SMILES string of the molecule is COc1ccc(-c2cc(C(=O)O)nn2COCC[Si](C)(C)C)cc1. The Hall–Kier alpha value is -2.12. The van der Waals surface area contributed by atoms with Crippen molar-refractivity contribution < 1.29 is 19.4 Å². The van der Waals surface area contributed by atoms with Crippen molar-refractivity contribution in [3.05, 3.63) is 36.0 Å². The quantitative estimate of drug-likeness (QED) is 0.583. The largest absolute Gasteiger partial charge is 0.497 e. The van der Waals surface area contributed by atoms with Crippen LogP contribution in [0.15, 0.2) is 30.3 Å². The molecule has 0 amide bonds. The summed E-state index contributed by atoms with van der Waals surface area (Å²) in [6.45, 7) is 7.75. The van der Waals surface area contributed by atoms with Crippen LogP contribution in [-0.2, 0) is 11.5 Å². The number of nitrogens with zero attached hydrogens (tertiary/aromatic N) is 2. The fraction of sp³-hybridized carbons (Fsp3) is 0.412.